The van der Waals surface area contributed by atoms with Crippen molar-refractivity contribution >= 4 is 6.40 Å². The van der Waals surface area contributed by atoms with Crippen molar-refractivity contribution in [3.63, 3.8) is 0 Å². The summed E-state index contributed by atoms with van der Waals surface area (Å²) < 4.78 is 6.06. The normalized spacial score (nSPS) is 14.0. The van der Waals surface area contributed by atoms with Crippen molar-refractivity contribution in [2.24, 2.45) is 4.99 Å². The molecular formula is C26H28N2O2. The smallest absolute Gasteiger partial charge is 0.198 e. The molecule has 4 rings (SSSR count). The van der Waals surface area contributed by atoms with Crippen LogP contribution in [0.4, 0.5) is 0 Å². The van der Waals surface area contributed by atoms with Gasteiger partial charge in [-0.15, -0.1) is 5.06 Å². The van der Waals surface area contributed by atoms with Gasteiger partial charge in [0.15, 0.2) is 6.40 Å². The van der Waals surface area contributed by atoms with Crippen LogP contribution in [0.5, 0.6) is 5.75 Å². The molecule has 0 spiro atoms. The Balaban J connectivity index is 1.38. The van der Waals surface area contributed by atoms with Gasteiger partial charge in [-0.05, 0) is 45.4 Å². The lowest BCUT2D eigenvalue weighted by Crippen LogP contribution is -2.17. The number of nitrogens with zero attached hydrogens (tertiary/aromatic N) is 2. The predicted molar refractivity (Wildman–Crippen MR) is 121 cm³/mol. The molecular weight excluding hydrogens is 372 g/mol. The molecule has 0 fully saturated rings. The van der Waals surface area contributed by atoms with Gasteiger partial charge in [0.2, 0.25) is 0 Å². The molecule has 0 radical (unpaired) electrons. The van der Waals surface area contributed by atoms with Crippen molar-refractivity contribution in [3.8, 4) is 16.9 Å². The van der Waals surface area contributed by atoms with Gasteiger partial charge in [0.25, 0.3) is 0 Å². The summed E-state index contributed by atoms with van der Waals surface area (Å²) in [5, 5.41) is 1.82. The third-order valence-electron chi connectivity index (χ3n) is 5.22. The number of hydrogen-bond donors (Lipinski definition) is 0. The first-order chi connectivity index (χ1) is 14.5. The maximum atomic E-state index is 6.06. The Morgan fingerprint density at radius 2 is 1.63 bits per heavy atom. The summed E-state index contributed by atoms with van der Waals surface area (Å²) in [6, 6.07) is 25.5. The van der Waals surface area contributed by atoms with Crippen LogP contribution in [0.3, 0.4) is 0 Å². The highest BCUT2D eigenvalue weighted by Gasteiger charge is 2.13. The quantitative estimate of drug-likeness (QED) is 0.512. The van der Waals surface area contributed by atoms with E-state index >= 15 is 0 Å². The summed E-state index contributed by atoms with van der Waals surface area (Å²) in [5.41, 5.74) is 6.17. The van der Waals surface area contributed by atoms with Gasteiger partial charge in [0.05, 0.1) is 6.54 Å². The Hall–Kier alpha value is -3.11. The van der Waals surface area contributed by atoms with Crippen molar-refractivity contribution in [3.05, 3.63) is 89.5 Å². The monoisotopic (exact) mass is 400 g/mol. The number of ether oxygens (including phenoxy) is 1. The largest absolute Gasteiger partial charge is 0.489 e. The zero-order valence-electron chi connectivity index (χ0n) is 17.8. The molecule has 4 heteroatoms. The lowest BCUT2D eigenvalue weighted by molar-refractivity contribution is -0.0518. The molecule has 1 aliphatic heterocycles. The third kappa shape index (κ3) is 5.08. The zero-order chi connectivity index (χ0) is 21.0. The number of rotatable bonds is 6. The van der Waals surface area contributed by atoms with Crippen molar-refractivity contribution in [1.82, 2.24) is 5.06 Å². The standard InChI is InChI=1S/C26H28N2O2/c1-26(2,3)24-13-9-21(10-14-24)17-29-25-6-4-5-23(15-25)22-11-7-20(8-12-22)16-28-18-27-19-30-28/h4-15,19H,16-18H2,1-3H3. The molecule has 3 aromatic carbocycles. The van der Waals surface area contributed by atoms with Crippen LogP contribution in [0.25, 0.3) is 11.1 Å². The first-order valence-electron chi connectivity index (χ1n) is 10.3. The van der Waals surface area contributed by atoms with Crippen LogP contribution < -0.4 is 4.74 Å². The van der Waals surface area contributed by atoms with Gasteiger partial charge in [-0.25, -0.2) is 4.99 Å². The molecule has 0 saturated heterocycles. The fraction of sp³-hybridized carbons (Fsp3) is 0.269. The molecule has 0 N–H and O–H groups in total. The van der Waals surface area contributed by atoms with E-state index in [1.807, 2.05) is 17.2 Å². The van der Waals surface area contributed by atoms with Crippen LogP contribution in [-0.4, -0.2) is 18.1 Å². The maximum Gasteiger partial charge on any atom is 0.198 e. The van der Waals surface area contributed by atoms with Crippen molar-refractivity contribution in [2.45, 2.75) is 39.3 Å². The first-order valence-corrected chi connectivity index (χ1v) is 10.3. The summed E-state index contributed by atoms with van der Waals surface area (Å²) in [6.07, 6.45) is 1.48. The number of aliphatic imine (C=N–C) groups is 1. The zero-order valence-corrected chi connectivity index (χ0v) is 17.8. The summed E-state index contributed by atoms with van der Waals surface area (Å²) in [7, 11) is 0. The fourth-order valence-electron chi connectivity index (χ4n) is 3.38. The van der Waals surface area contributed by atoms with Gasteiger partial charge in [0, 0.05) is 0 Å². The van der Waals surface area contributed by atoms with E-state index in [4.69, 9.17) is 9.57 Å². The molecule has 30 heavy (non-hydrogen) atoms. The van der Waals surface area contributed by atoms with Crippen LogP contribution >= 0.6 is 0 Å². The Kier molecular flexibility index (Phi) is 5.86. The van der Waals surface area contributed by atoms with Gasteiger partial charge in [-0.2, -0.15) is 0 Å². The first kappa shape index (κ1) is 20.2. The van der Waals surface area contributed by atoms with Crippen LogP contribution in [0.1, 0.15) is 37.5 Å². The summed E-state index contributed by atoms with van der Waals surface area (Å²) in [5.74, 6) is 0.874. The second kappa shape index (κ2) is 8.72. The Labute approximate surface area is 178 Å². The number of hydroxylamine groups is 2. The van der Waals surface area contributed by atoms with Crippen molar-refractivity contribution in [2.75, 3.05) is 6.67 Å². The average Bonchev–Trinajstić information content (AvgIpc) is 3.26. The van der Waals surface area contributed by atoms with Gasteiger partial charge in [-0.1, -0.05) is 81.4 Å². The Bertz CT molecular complexity index is 994. The van der Waals surface area contributed by atoms with E-state index in [2.05, 4.69) is 86.4 Å². The van der Waals surface area contributed by atoms with Crippen molar-refractivity contribution in [1.29, 1.82) is 0 Å². The van der Waals surface area contributed by atoms with Crippen LogP contribution in [-0.2, 0) is 23.4 Å². The minimum atomic E-state index is 0.165. The van der Waals surface area contributed by atoms with Crippen LogP contribution in [0.15, 0.2) is 77.8 Å². The molecule has 0 bridgehead atoms. The SMILES string of the molecule is CC(C)(C)c1ccc(COc2cccc(-c3ccc(CN4CN=CO4)cc3)c2)cc1. The lowest BCUT2D eigenvalue weighted by Gasteiger charge is -2.19. The van der Waals surface area contributed by atoms with E-state index in [1.54, 1.807) is 0 Å². The van der Waals surface area contributed by atoms with Crippen LogP contribution in [0.2, 0.25) is 0 Å². The molecule has 0 atom stereocenters. The second-order valence-electron chi connectivity index (χ2n) is 8.64. The topological polar surface area (TPSA) is 34.1 Å². The van der Waals surface area contributed by atoms with Crippen LogP contribution in [0, 0.1) is 0 Å². The highest BCUT2D eigenvalue weighted by molar-refractivity contribution is 5.65. The molecule has 0 unspecified atom stereocenters. The Morgan fingerprint density at radius 3 is 2.30 bits per heavy atom. The van der Waals surface area contributed by atoms with Crippen molar-refractivity contribution < 1.29 is 9.57 Å². The minimum absolute atomic E-state index is 0.165. The molecule has 0 aliphatic carbocycles. The van der Waals surface area contributed by atoms with E-state index in [1.165, 1.54) is 23.1 Å². The van der Waals surface area contributed by atoms with E-state index in [-0.39, 0.29) is 5.41 Å². The highest BCUT2D eigenvalue weighted by Crippen LogP contribution is 2.26. The summed E-state index contributed by atoms with van der Waals surface area (Å²) in [6.45, 7) is 8.55. The molecule has 0 aromatic heterocycles. The van der Waals surface area contributed by atoms with E-state index in [0.29, 0.717) is 13.3 Å². The van der Waals surface area contributed by atoms with Gasteiger partial charge >= 0.3 is 0 Å². The summed E-state index contributed by atoms with van der Waals surface area (Å²) in [4.78, 5) is 9.35. The minimum Gasteiger partial charge on any atom is -0.489 e. The van der Waals surface area contributed by atoms with E-state index in [0.717, 1.165) is 23.4 Å². The fourth-order valence-corrected chi connectivity index (χ4v) is 3.38. The van der Waals surface area contributed by atoms with Gasteiger partial charge in [-0.3, -0.25) is 0 Å². The van der Waals surface area contributed by atoms with Gasteiger partial charge < -0.3 is 9.57 Å². The molecule has 1 aliphatic rings. The lowest BCUT2D eigenvalue weighted by atomic mass is 9.87. The molecule has 0 saturated carbocycles. The van der Waals surface area contributed by atoms with E-state index in [9.17, 15) is 0 Å². The van der Waals surface area contributed by atoms with E-state index < -0.39 is 0 Å². The molecule has 3 aromatic rings. The summed E-state index contributed by atoms with van der Waals surface area (Å²) >= 11 is 0. The Morgan fingerprint density at radius 1 is 0.900 bits per heavy atom. The molecule has 4 nitrogen and oxygen atoms in total. The molecule has 0 amide bonds. The highest BCUT2D eigenvalue weighted by atomic mass is 16.7. The second-order valence-corrected chi connectivity index (χ2v) is 8.64. The third-order valence-corrected chi connectivity index (χ3v) is 5.22. The van der Waals surface area contributed by atoms with Gasteiger partial charge in [0.1, 0.15) is 19.0 Å². The molecule has 1 heterocycles. The molecule has 154 valence electrons. The average molecular weight is 401 g/mol. The number of hydrogen-bond acceptors (Lipinski definition) is 4. The maximum absolute atomic E-state index is 6.06. The number of benzene rings is 3. The predicted octanol–water partition coefficient (Wildman–Crippen LogP) is 5.96.